The lowest BCUT2D eigenvalue weighted by Crippen LogP contribution is -1.77. The predicted molar refractivity (Wildman–Crippen MR) is 48.5 cm³/mol. The average Bonchev–Trinajstić information content (AvgIpc) is 1.82. The van der Waals surface area contributed by atoms with Gasteiger partial charge in [-0.25, -0.2) is 0 Å². The summed E-state index contributed by atoms with van der Waals surface area (Å²) >= 11 is 15.6. The van der Waals surface area contributed by atoms with Crippen molar-refractivity contribution in [2.45, 2.75) is 11.8 Å². The van der Waals surface area contributed by atoms with Gasteiger partial charge in [0.25, 0.3) is 0 Å². The van der Waals surface area contributed by atoms with Crippen molar-refractivity contribution in [3.05, 3.63) is 27.7 Å². The fourth-order valence-corrected chi connectivity index (χ4v) is 1.42. The highest BCUT2D eigenvalue weighted by molar-refractivity contribution is 7.80. The van der Waals surface area contributed by atoms with Crippen LogP contribution in [0.4, 0.5) is 0 Å². The van der Waals surface area contributed by atoms with E-state index in [-0.39, 0.29) is 0 Å². The Morgan fingerprint density at radius 1 is 1.30 bits per heavy atom. The van der Waals surface area contributed by atoms with Gasteiger partial charge in [0.05, 0.1) is 5.02 Å². The molecule has 0 amide bonds. The molecule has 1 aromatic carbocycles. The standard InChI is InChI=1S/C7H6Cl2S/c1-4-2-5(8)3-6(9)7(4)10/h2-3,10H,1H3. The second-order valence-corrected chi connectivity index (χ2v) is 3.34. The second-order valence-electron chi connectivity index (χ2n) is 2.05. The topological polar surface area (TPSA) is 0 Å². The molecule has 0 bridgehead atoms. The van der Waals surface area contributed by atoms with Gasteiger partial charge < -0.3 is 0 Å². The summed E-state index contributed by atoms with van der Waals surface area (Å²) in [7, 11) is 0. The van der Waals surface area contributed by atoms with Crippen molar-refractivity contribution < 1.29 is 0 Å². The predicted octanol–water partition coefficient (Wildman–Crippen LogP) is 3.59. The summed E-state index contributed by atoms with van der Waals surface area (Å²) in [5.74, 6) is 0. The van der Waals surface area contributed by atoms with Crippen LogP contribution in [0.25, 0.3) is 0 Å². The largest absolute Gasteiger partial charge is 0.142 e. The molecule has 3 heteroatoms. The Kier molecular flexibility index (Phi) is 2.50. The highest BCUT2D eigenvalue weighted by Gasteiger charge is 2.00. The molecule has 0 saturated carbocycles. The average molecular weight is 193 g/mol. The lowest BCUT2D eigenvalue weighted by Gasteiger charge is -2.00. The Bertz CT molecular complexity index is 235. The van der Waals surface area contributed by atoms with Gasteiger partial charge in [-0.15, -0.1) is 12.6 Å². The van der Waals surface area contributed by atoms with Gasteiger partial charge in [0.2, 0.25) is 0 Å². The van der Waals surface area contributed by atoms with E-state index in [4.69, 9.17) is 23.2 Å². The van der Waals surface area contributed by atoms with E-state index in [1.165, 1.54) is 0 Å². The van der Waals surface area contributed by atoms with Gasteiger partial charge in [0, 0.05) is 9.92 Å². The van der Waals surface area contributed by atoms with Crippen LogP contribution in [0, 0.1) is 6.92 Å². The van der Waals surface area contributed by atoms with Crippen molar-refractivity contribution in [1.29, 1.82) is 0 Å². The van der Waals surface area contributed by atoms with E-state index >= 15 is 0 Å². The summed E-state index contributed by atoms with van der Waals surface area (Å²) in [4.78, 5) is 0.797. The Labute approximate surface area is 75.6 Å². The molecular weight excluding hydrogens is 187 g/mol. The molecule has 0 nitrogen and oxygen atoms in total. The third-order valence-electron chi connectivity index (χ3n) is 1.22. The SMILES string of the molecule is Cc1cc(Cl)cc(Cl)c1S. The quantitative estimate of drug-likeness (QED) is 0.598. The summed E-state index contributed by atoms with van der Waals surface area (Å²) in [6.07, 6.45) is 0. The Morgan fingerprint density at radius 2 is 1.90 bits per heavy atom. The van der Waals surface area contributed by atoms with Gasteiger partial charge in [-0.2, -0.15) is 0 Å². The number of thiol groups is 1. The van der Waals surface area contributed by atoms with Crippen LogP contribution in [0.1, 0.15) is 5.56 Å². The van der Waals surface area contributed by atoms with Crippen LogP contribution < -0.4 is 0 Å². The van der Waals surface area contributed by atoms with Gasteiger partial charge in [-0.3, -0.25) is 0 Å². The maximum Gasteiger partial charge on any atom is 0.0556 e. The molecule has 0 spiro atoms. The molecule has 0 atom stereocenters. The zero-order valence-electron chi connectivity index (χ0n) is 5.36. The smallest absolute Gasteiger partial charge is 0.0556 e. The van der Waals surface area contributed by atoms with Crippen LogP contribution in [-0.2, 0) is 0 Å². The van der Waals surface area contributed by atoms with Crippen LogP contribution in [-0.4, -0.2) is 0 Å². The monoisotopic (exact) mass is 192 g/mol. The minimum absolute atomic E-state index is 0.605. The molecule has 0 radical (unpaired) electrons. The maximum absolute atomic E-state index is 5.76. The van der Waals surface area contributed by atoms with Crippen molar-refractivity contribution in [2.75, 3.05) is 0 Å². The van der Waals surface area contributed by atoms with Gasteiger partial charge in [0.1, 0.15) is 0 Å². The molecule has 0 saturated heterocycles. The van der Waals surface area contributed by atoms with Crippen molar-refractivity contribution in [2.24, 2.45) is 0 Å². The van der Waals surface area contributed by atoms with Crippen LogP contribution in [0.3, 0.4) is 0 Å². The van der Waals surface area contributed by atoms with E-state index < -0.39 is 0 Å². The van der Waals surface area contributed by atoms with Crippen LogP contribution in [0.15, 0.2) is 17.0 Å². The molecule has 0 unspecified atom stereocenters. The first-order valence-corrected chi connectivity index (χ1v) is 3.96. The molecule has 0 N–H and O–H groups in total. The zero-order chi connectivity index (χ0) is 7.72. The summed E-state index contributed by atoms with van der Waals surface area (Å²) in [5.41, 5.74) is 1.00. The van der Waals surface area contributed by atoms with E-state index in [2.05, 4.69) is 12.6 Å². The van der Waals surface area contributed by atoms with Gasteiger partial charge in [-0.1, -0.05) is 23.2 Å². The van der Waals surface area contributed by atoms with Crippen LogP contribution in [0.5, 0.6) is 0 Å². The van der Waals surface area contributed by atoms with Crippen molar-refractivity contribution >= 4 is 35.8 Å². The Balaban J connectivity index is 3.31. The number of benzene rings is 1. The lowest BCUT2D eigenvalue weighted by molar-refractivity contribution is 1.31. The van der Waals surface area contributed by atoms with Crippen LogP contribution >= 0.6 is 35.8 Å². The van der Waals surface area contributed by atoms with E-state index in [1.807, 2.05) is 13.0 Å². The highest BCUT2D eigenvalue weighted by atomic mass is 35.5. The molecule has 0 aliphatic heterocycles. The van der Waals surface area contributed by atoms with Gasteiger partial charge in [0.15, 0.2) is 0 Å². The van der Waals surface area contributed by atoms with Crippen molar-refractivity contribution in [1.82, 2.24) is 0 Å². The first-order valence-electron chi connectivity index (χ1n) is 2.76. The van der Waals surface area contributed by atoms with Crippen molar-refractivity contribution in [3.8, 4) is 0 Å². The fourth-order valence-electron chi connectivity index (χ4n) is 0.695. The van der Waals surface area contributed by atoms with E-state index in [1.54, 1.807) is 6.07 Å². The molecule has 54 valence electrons. The minimum Gasteiger partial charge on any atom is -0.142 e. The Morgan fingerprint density at radius 3 is 2.40 bits per heavy atom. The molecule has 0 aliphatic rings. The summed E-state index contributed by atoms with van der Waals surface area (Å²) in [6.45, 7) is 1.92. The van der Waals surface area contributed by atoms with E-state index in [9.17, 15) is 0 Å². The number of halogens is 2. The van der Waals surface area contributed by atoms with Gasteiger partial charge >= 0.3 is 0 Å². The minimum atomic E-state index is 0.605. The zero-order valence-corrected chi connectivity index (χ0v) is 7.76. The third-order valence-corrected chi connectivity index (χ3v) is 2.46. The number of rotatable bonds is 0. The van der Waals surface area contributed by atoms with E-state index in [0.717, 1.165) is 10.5 Å². The summed E-state index contributed by atoms with van der Waals surface area (Å²) in [5, 5.41) is 1.26. The molecule has 0 aromatic heterocycles. The highest BCUT2D eigenvalue weighted by Crippen LogP contribution is 2.27. The molecule has 10 heavy (non-hydrogen) atoms. The van der Waals surface area contributed by atoms with Crippen molar-refractivity contribution in [3.63, 3.8) is 0 Å². The fraction of sp³-hybridized carbons (Fsp3) is 0.143. The van der Waals surface area contributed by atoms with Gasteiger partial charge in [-0.05, 0) is 24.6 Å². The molecule has 0 aliphatic carbocycles. The van der Waals surface area contributed by atoms with E-state index in [0.29, 0.717) is 10.0 Å². The first kappa shape index (κ1) is 8.25. The maximum atomic E-state index is 5.76. The number of hydrogen-bond donors (Lipinski definition) is 1. The Hall–Kier alpha value is 0.150. The first-order chi connectivity index (χ1) is 4.61. The molecule has 0 heterocycles. The lowest BCUT2D eigenvalue weighted by atomic mass is 10.2. The molecule has 0 fully saturated rings. The van der Waals surface area contributed by atoms with Crippen LogP contribution in [0.2, 0.25) is 10.0 Å². The number of hydrogen-bond acceptors (Lipinski definition) is 1. The normalized spacial score (nSPS) is 10.0. The summed E-state index contributed by atoms with van der Waals surface area (Å²) < 4.78 is 0. The number of aryl methyl sites for hydroxylation is 1. The molecular formula is C7H6Cl2S. The summed E-state index contributed by atoms with van der Waals surface area (Å²) in [6, 6.07) is 3.51. The molecule has 1 rings (SSSR count). The second kappa shape index (κ2) is 3.04. The molecule has 1 aromatic rings. The third kappa shape index (κ3) is 1.60.